The van der Waals surface area contributed by atoms with Crippen molar-refractivity contribution in [3.8, 4) is 0 Å². The molecule has 1 saturated carbocycles. The van der Waals surface area contributed by atoms with Crippen molar-refractivity contribution in [2.24, 2.45) is 0 Å². The second-order valence-corrected chi connectivity index (χ2v) is 6.58. The van der Waals surface area contributed by atoms with Crippen LogP contribution < -0.4 is 10.2 Å². The van der Waals surface area contributed by atoms with E-state index in [-0.39, 0.29) is 5.78 Å². The molecular weight excluding hydrogens is 300 g/mol. The van der Waals surface area contributed by atoms with Crippen molar-refractivity contribution in [2.45, 2.75) is 25.2 Å². The van der Waals surface area contributed by atoms with Gasteiger partial charge < -0.3 is 10.2 Å². The Balaban J connectivity index is 1.58. The van der Waals surface area contributed by atoms with Crippen LogP contribution in [0.25, 0.3) is 0 Å². The highest BCUT2D eigenvalue weighted by molar-refractivity contribution is 6.07. The van der Waals surface area contributed by atoms with Crippen LogP contribution in [0.3, 0.4) is 0 Å². The van der Waals surface area contributed by atoms with Crippen LogP contribution in [0.1, 0.15) is 46.8 Å². The van der Waals surface area contributed by atoms with Crippen LogP contribution in [0.4, 0.5) is 5.82 Å². The number of aromatic nitrogens is 2. The van der Waals surface area contributed by atoms with Crippen LogP contribution in [0.5, 0.6) is 0 Å². The molecule has 1 aliphatic heterocycles. The molecule has 0 aromatic carbocycles. The highest BCUT2D eigenvalue weighted by atomic mass is 16.1. The third-order valence-corrected chi connectivity index (χ3v) is 4.70. The first-order valence-electron chi connectivity index (χ1n) is 8.73. The molecular formula is C19H22N4O. The maximum Gasteiger partial charge on any atom is 0.212 e. The van der Waals surface area contributed by atoms with Crippen molar-refractivity contribution in [1.29, 1.82) is 0 Å². The molecule has 2 aliphatic rings. The summed E-state index contributed by atoms with van der Waals surface area (Å²) in [6.45, 7) is 3.88. The van der Waals surface area contributed by atoms with Crippen molar-refractivity contribution in [3.63, 3.8) is 0 Å². The molecule has 5 heteroatoms. The Kier molecular flexibility index (Phi) is 4.26. The van der Waals surface area contributed by atoms with E-state index in [2.05, 4.69) is 20.2 Å². The van der Waals surface area contributed by atoms with Gasteiger partial charge in [0, 0.05) is 37.6 Å². The Morgan fingerprint density at radius 1 is 1.17 bits per heavy atom. The lowest BCUT2D eigenvalue weighted by Gasteiger charge is -2.21. The number of ketones is 1. The van der Waals surface area contributed by atoms with Gasteiger partial charge in [0.1, 0.15) is 11.5 Å². The molecule has 5 nitrogen and oxygen atoms in total. The zero-order valence-corrected chi connectivity index (χ0v) is 13.7. The van der Waals surface area contributed by atoms with E-state index in [0.29, 0.717) is 17.2 Å². The molecule has 124 valence electrons. The Labute approximate surface area is 142 Å². The first kappa shape index (κ1) is 15.3. The van der Waals surface area contributed by atoms with Gasteiger partial charge in [0.25, 0.3) is 0 Å². The topological polar surface area (TPSA) is 58.1 Å². The number of hydrogen-bond acceptors (Lipinski definition) is 5. The average molecular weight is 322 g/mol. The lowest BCUT2D eigenvalue weighted by atomic mass is 10.1. The quantitative estimate of drug-likeness (QED) is 0.876. The van der Waals surface area contributed by atoms with Crippen LogP contribution in [0, 0.1) is 0 Å². The highest BCUT2D eigenvalue weighted by Crippen LogP contribution is 2.39. The van der Waals surface area contributed by atoms with Crippen molar-refractivity contribution >= 4 is 11.6 Å². The van der Waals surface area contributed by atoms with Crippen LogP contribution >= 0.6 is 0 Å². The standard InChI is InChI=1S/C19H22N4O/c24-19(16-11-15(12-21-13-16)14-5-6-14)17-3-1-4-18(22-17)23-9-2-7-20-8-10-23/h1,3-4,11-14,20H,2,5-10H2. The molecule has 0 spiro atoms. The molecule has 2 aromatic heterocycles. The summed E-state index contributed by atoms with van der Waals surface area (Å²) in [5.41, 5.74) is 2.32. The number of carbonyl (C=O) groups excluding carboxylic acids is 1. The van der Waals surface area contributed by atoms with E-state index >= 15 is 0 Å². The monoisotopic (exact) mass is 322 g/mol. The van der Waals surface area contributed by atoms with Crippen molar-refractivity contribution in [1.82, 2.24) is 15.3 Å². The number of hydrogen-bond donors (Lipinski definition) is 1. The molecule has 1 saturated heterocycles. The minimum absolute atomic E-state index is 0.0419. The molecule has 2 aromatic rings. The summed E-state index contributed by atoms with van der Waals surface area (Å²) >= 11 is 0. The van der Waals surface area contributed by atoms with E-state index in [1.54, 1.807) is 12.3 Å². The lowest BCUT2D eigenvalue weighted by molar-refractivity contribution is 0.103. The Morgan fingerprint density at radius 3 is 2.96 bits per heavy atom. The lowest BCUT2D eigenvalue weighted by Crippen LogP contribution is -2.28. The summed E-state index contributed by atoms with van der Waals surface area (Å²) in [6.07, 6.45) is 7.03. The number of carbonyl (C=O) groups is 1. The summed E-state index contributed by atoms with van der Waals surface area (Å²) in [5.74, 6) is 1.43. The Morgan fingerprint density at radius 2 is 2.08 bits per heavy atom. The van der Waals surface area contributed by atoms with Gasteiger partial charge in [-0.1, -0.05) is 6.07 Å². The molecule has 0 unspecified atom stereocenters. The fourth-order valence-corrected chi connectivity index (χ4v) is 3.17. The van der Waals surface area contributed by atoms with Gasteiger partial charge in [0.2, 0.25) is 5.78 Å². The molecule has 0 radical (unpaired) electrons. The van der Waals surface area contributed by atoms with Crippen LogP contribution in [0.2, 0.25) is 0 Å². The zero-order valence-electron chi connectivity index (χ0n) is 13.7. The number of nitrogens with one attached hydrogen (secondary N) is 1. The summed E-state index contributed by atoms with van der Waals surface area (Å²) in [4.78, 5) is 23.9. The van der Waals surface area contributed by atoms with Crippen LogP contribution in [-0.2, 0) is 0 Å². The zero-order chi connectivity index (χ0) is 16.4. The van der Waals surface area contributed by atoms with Gasteiger partial charge in [-0.05, 0) is 55.5 Å². The largest absolute Gasteiger partial charge is 0.355 e. The molecule has 3 heterocycles. The molecule has 0 amide bonds. The number of pyridine rings is 2. The van der Waals surface area contributed by atoms with Gasteiger partial charge in [-0.15, -0.1) is 0 Å². The second-order valence-electron chi connectivity index (χ2n) is 6.58. The van der Waals surface area contributed by atoms with Gasteiger partial charge in [-0.25, -0.2) is 4.98 Å². The average Bonchev–Trinajstić information content (AvgIpc) is 3.48. The van der Waals surface area contributed by atoms with Crippen molar-refractivity contribution in [2.75, 3.05) is 31.1 Å². The molecule has 24 heavy (non-hydrogen) atoms. The maximum absolute atomic E-state index is 12.8. The molecule has 0 atom stereocenters. The first-order valence-corrected chi connectivity index (χ1v) is 8.73. The van der Waals surface area contributed by atoms with E-state index in [0.717, 1.165) is 38.4 Å². The smallest absolute Gasteiger partial charge is 0.212 e. The predicted molar refractivity (Wildman–Crippen MR) is 93.6 cm³/mol. The highest BCUT2D eigenvalue weighted by Gasteiger charge is 2.25. The fraction of sp³-hybridized carbons (Fsp3) is 0.421. The van der Waals surface area contributed by atoms with E-state index in [1.807, 2.05) is 24.4 Å². The van der Waals surface area contributed by atoms with E-state index in [9.17, 15) is 4.79 Å². The molecule has 2 fully saturated rings. The minimum Gasteiger partial charge on any atom is -0.355 e. The van der Waals surface area contributed by atoms with E-state index in [4.69, 9.17) is 0 Å². The van der Waals surface area contributed by atoms with E-state index < -0.39 is 0 Å². The molecule has 1 aliphatic carbocycles. The van der Waals surface area contributed by atoms with E-state index in [1.165, 1.54) is 18.4 Å². The van der Waals surface area contributed by atoms with Gasteiger partial charge >= 0.3 is 0 Å². The fourth-order valence-electron chi connectivity index (χ4n) is 3.17. The van der Waals surface area contributed by atoms with Crippen LogP contribution in [-0.4, -0.2) is 41.9 Å². The summed E-state index contributed by atoms with van der Waals surface area (Å²) in [6, 6.07) is 7.69. The number of nitrogens with zero attached hydrogens (tertiary/aromatic N) is 3. The predicted octanol–water partition coefficient (Wildman–Crippen LogP) is 2.38. The Hall–Kier alpha value is -2.27. The van der Waals surface area contributed by atoms with Gasteiger partial charge in [0.15, 0.2) is 0 Å². The molecule has 0 bridgehead atoms. The summed E-state index contributed by atoms with van der Waals surface area (Å²) in [5, 5.41) is 3.39. The summed E-state index contributed by atoms with van der Waals surface area (Å²) in [7, 11) is 0. The van der Waals surface area contributed by atoms with Gasteiger partial charge in [0.05, 0.1) is 0 Å². The second kappa shape index (κ2) is 6.69. The SMILES string of the molecule is O=C(c1cncc(C2CC2)c1)c1cccc(N2CCCNCC2)n1. The van der Waals surface area contributed by atoms with Crippen molar-refractivity contribution < 1.29 is 4.79 Å². The molecule has 4 rings (SSSR count). The normalized spacial score (nSPS) is 18.2. The van der Waals surface area contributed by atoms with Gasteiger partial charge in [-0.3, -0.25) is 9.78 Å². The number of anilines is 1. The minimum atomic E-state index is -0.0419. The summed E-state index contributed by atoms with van der Waals surface area (Å²) < 4.78 is 0. The molecule has 1 N–H and O–H groups in total. The Bertz CT molecular complexity index is 734. The number of rotatable bonds is 4. The van der Waals surface area contributed by atoms with Crippen molar-refractivity contribution in [3.05, 3.63) is 53.5 Å². The van der Waals surface area contributed by atoms with Gasteiger partial charge in [-0.2, -0.15) is 0 Å². The van der Waals surface area contributed by atoms with Crippen LogP contribution in [0.15, 0.2) is 36.7 Å². The first-order chi connectivity index (χ1) is 11.8. The third-order valence-electron chi connectivity index (χ3n) is 4.70. The third kappa shape index (κ3) is 3.31. The maximum atomic E-state index is 12.8.